The molecule has 0 heterocycles. The van der Waals surface area contributed by atoms with Crippen molar-refractivity contribution in [2.24, 2.45) is 5.41 Å². The first kappa shape index (κ1) is 20.0. The van der Waals surface area contributed by atoms with Crippen LogP contribution in [-0.4, -0.2) is 12.2 Å². The molecule has 0 aromatic heterocycles. The highest BCUT2D eigenvalue weighted by Gasteiger charge is 2.21. The molecule has 0 amide bonds. The molecule has 0 unspecified atom stereocenters. The van der Waals surface area contributed by atoms with Crippen LogP contribution in [0.25, 0.3) is 6.08 Å². The summed E-state index contributed by atoms with van der Waals surface area (Å²) in [6, 6.07) is 8.84. The summed E-state index contributed by atoms with van der Waals surface area (Å²) in [5, 5.41) is 0. The van der Waals surface area contributed by atoms with Gasteiger partial charge in [-0.3, -0.25) is 0 Å². The van der Waals surface area contributed by atoms with Crippen molar-refractivity contribution in [3.05, 3.63) is 41.5 Å². The molecule has 0 aliphatic carbocycles. The first-order valence-electron chi connectivity index (χ1n) is 8.99. The van der Waals surface area contributed by atoms with E-state index in [1.54, 1.807) is 0 Å². The highest BCUT2D eigenvalue weighted by atomic mass is 16.5. The number of benzene rings is 1. The van der Waals surface area contributed by atoms with Crippen LogP contribution in [0.1, 0.15) is 84.8 Å². The first-order chi connectivity index (χ1) is 10.6. The maximum absolute atomic E-state index is 5.94. The summed E-state index contributed by atoms with van der Waals surface area (Å²) < 4.78 is 5.94. The van der Waals surface area contributed by atoms with Crippen LogP contribution in [0, 0.1) is 5.41 Å². The van der Waals surface area contributed by atoms with Crippen LogP contribution in [0.2, 0.25) is 0 Å². The van der Waals surface area contributed by atoms with Crippen LogP contribution >= 0.6 is 0 Å². The van der Waals surface area contributed by atoms with E-state index in [0.717, 1.165) is 13.0 Å². The van der Waals surface area contributed by atoms with E-state index in [0.29, 0.717) is 5.92 Å². The molecule has 0 fully saturated rings. The molecule has 0 bridgehead atoms. The van der Waals surface area contributed by atoms with E-state index in [4.69, 9.17) is 4.74 Å². The summed E-state index contributed by atoms with van der Waals surface area (Å²) in [5.74, 6) is 0.590. The Kier molecular flexibility index (Phi) is 7.54. The second-order valence-corrected chi connectivity index (χ2v) is 8.68. The maximum atomic E-state index is 5.94. The van der Waals surface area contributed by atoms with Gasteiger partial charge in [-0.05, 0) is 62.5 Å². The lowest BCUT2D eigenvalue weighted by Gasteiger charge is -2.29. The monoisotopic (exact) mass is 316 g/mol. The van der Waals surface area contributed by atoms with Crippen molar-refractivity contribution < 1.29 is 4.74 Å². The molecule has 0 N–H and O–H groups in total. The number of ether oxygens (including phenoxy) is 1. The van der Waals surface area contributed by atoms with Crippen molar-refractivity contribution in [3.63, 3.8) is 0 Å². The van der Waals surface area contributed by atoms with Gasteiger partial charge in [0.15, 0.2) is 0 Å². The minimum Gasteiger partial charge on any atom is -0.375 e. The SMILES string of the molecule is CC(C)c1cccc(/C=C/CCCC(C)(C)COC(C)(C)C)c1. The Bertz CT molecular complexity index is 489. The van der Waals surface area contributed by atoms with E-state index in [2.05, 4.69) is 84.9 Å². The van der Waals surface area contributed by atoms with Gasteiger partial charge >= 0.3 is 0 Å². The van der Waals surface area contributed by atoms with Gasteiger partial charge in [-0.2, -0.15) is 0 Å². The van der Waals surface area contributed by atoms with Crippen molar-refractivity contribution in [1.82, 2.24) is 0 Å². The Morgan fingerprint density at radius 2 is 1.78 bits per heavy atom. The van der Waals surface area contributed by atoms with Gasteiger partial charge in [-0.1, -0.05) is 64.1 Å². The lowest BCUT2D eigenvalue weighted by molar-refractivity contribution is -0.0452. The smallest absolute Gasteiger partial charge is 0.0598 e. The van der Waals surface area contributed by atoms with Crippen LogP contribution in [-0.2, 0) is 4.74 Å². The molecule has 0 aliphatic heterocycles. The van der Waals surface area contributed by atoms with Gasteiger partial charge in [-0.15, -0.1) is 0 Å². The number of hydrogen-bond donors (Lipinski definition) is 0. The van der Waals surface area contributed by atoms with Crippen molar-refractivity contribution in [3.8, 4) is 0 Å². The average molecular weight is 317 g/mol. The quantitative estimate of drug-likeness (QED) is 0.477. The zero-order valence-corrected chi connectivity index (χ0v) is 16.3. The maximum Gasteiger partial charge on any atom is 0.0598 e. The van der Waals surface area contributed by atoms with Gasteiger partial charge in [-0.25, -0.2) is 0 Å². The number of allylic oxidation sites excluding steroid dienone is 1. The second-order valence-electron chi connectivity index (χ2n) is 8.68. The van der Waals surface area contributed by atoms with Crippen LogP contribution < -0.4 is 0 Å². The summed E-state index contributed by atoms with van der Waals surface area (Å²) in [6.07, 6.45) is 8.09. The molecule has 23 heavy (non-hydrogen) atoms. The summed E-state index contributed by atoms with van der Waals surface area (Å²) in [6.45, 7) is 16.3. The molecule has 1 rings (SSSR count). The second kappa shape index (κ2) is 8.68. The first-order valence-corrected chi connectivity index (χ1v) is 8.99. The van der Waals surface area contributed by atoms with E-state index in [1.807, 2.05) is 0 Å². The molecule has 0 spiro atoms. The lowest BCUT2D eigenvalue weighted by atomic mass is 9.88. The average Bonchev–Trinajstić information content (AvgIpc) is 2.44. The lowest BCUT2D eigenvalue weighted by Crippen LogP contribution is -2.28. The minimum atomic E-state index is -0.0431. The number of rotatable bonds is 8. The largest absolute Gasteiger partial charge is 0.375 e. The van der Waals surface area contributed by atoms with Gasteiger partial charge in [0, 0.05) is 0 Å². The van der Waals surface area contributed by atoms with Crippen molar-refractivity contribution in [1.29, 1.82) is 0 Å². The van der Waals surface area contributed by atoms with E-state index < -0.39 is 0 Å². The molecular weight excluding hydrogens is 280 g/mol. The third-order valence-corrected chi connectivity index (χ3v) is 4.01. The van der Waals surface area contributed by atoms with E-state index >= 15 is 0 Å². The van der Waals surface area contributed by atoms with Crippen LogP contribution in [0.4, 0.5) is 0 Å². The molecule has 0 radical (unpaired) electrons. The topological polar surface area (TPSA) is 9.23 Å². The molecule has 0 atom stereocenters. The molecular formula is C22H36O. The van der Waals surface area contributed by atoms with Gasteiger partial charge in [0.2, 0.25) is 0 Å². The summed E-state index contributed by atoms with van der Waals surface area (Å²) in [4.78, 5) is 0. The molecule has 0 saturated heterocycles. The molecule has 1 aromatic rings. The number of hydrogen-bond acceptors (Lipinski definition) is 1. The van der Waals surface area contributed by atoms with Gasteiger partial charge in [0.1, 0.15) is 0 Å². The summed E-state index contributed by atoms with van der Waals surface area (Å²) >= 11 is 0. The molecule has 0 aliphatic rings. The zero-order chi connectivity index (χ0) is 17.5. The molecule has 0 saturated carbocycles. The fourth-order valence-corrected chi connectivity index (χ4v) is 2.42. The Morgan fingerprint density at radius 1 is 1.09 bits per heavy atom. The summed E-state index contributed by atoms with van der Waals surface area (Å²) in [7, 11) is 0. The van der Waals surface area contributed by atoms with Crippen molar-refractivity contribution in [2.45, 2.75) is 79.2 Å². The zero-order valence-electron chi connectivity index (χ0n) is 16.3. The third-order valence-electron chi connectivity index (χ3n) is 4.01. The van der Waals surface area contributed by atoms with E-state index in [-0.39, 0.29) is 11.0 Å². The molecule has 130 valence electrons. The van der Waals surface area contributed by atoms with Gasteiger partial charge < -0.3 is 4.74 Å². The van der Waals surface area contributed by atoms with Crippen LogP contribution in [0.5, 0.6) is 0 Å². The normalized spacial score (nSPS) is 13.2. The van der Waals surface area contributed by atoms with Crippen molar-refractivity contribution in [2.75, 3.05) is 6.61 Å². The fourth-order valence-electron chi connectivity index (χ4n) is 2.42. The standard InChI is InChI=1S/C22H36O/c1-18(2)20-14-11-13-19(16-20)12-9-8-10-15-22(6,7)17-23-21(3,4)5/h9,11-14,16,18H,8,10,15,17H2,1-7H3/b12-9+. The number of unbranched alkanes of at least 4 members (excludes halogenated alkanes) is 1. The van der Waals surface area contributed by atoms with E-state index in [9.17, 15) is 0 Å². The van der Waals surface area contributed by atoms with Gasteiger partial charge in [0.05, 0.1) is 12.2 Å². The summed E-state index contributed by atoms with van der Waals surface area (Å²) in [5.41, 5.74) is 2.93. The highest BCUT2D eigenvalue weighted by molar-refractivity contribution is 5.50. The van der Waals surface area contributed by atoms with Crippen LogP contribution in [0.15, 0.2) is 30.3 Å². The predicted octanol–water partition coefficient (Wildman–Crippen LogP) is 6.83. The predicted molar refractivity (Wildman–Crippen MR) is 103 cm³/mol. The minimum absolute atomic E-state index is 0.0431. The molecule has 1 heteroatoms. The Morgan fingerprint density at radius 3 is 2.39 bits per heavy atom. The highest BCUT2D eigenvalue weighted by Crippen LogP contribution is 2.26. The van der Waals surface area contributed by atoms with E-state index in [1.165, 1.54) is 24.0 Å². The Balaban J connectivity index is 2.37. The molecule has 1 nitrogen and oxygen atoms in total. The Hall–Kier alpha value is -1.08. The fraction of sp³-hybridized carbons (Fsp3) is 0.636. The molecule has 1 aromatic carbocycles. The third kappa shape index (κ3) is 8.95. The Labute approximate surface area is 144 Å². The van der Waals surface area contributed by atoms with Gasteiger partial charge in [0.25, 0.3) is 0 Å². The van der Waals surface area contributed by atoms with Crippen LogP contribution in [0.3, 0.4) is 0 Å². The van der Waals surface area contributed by atoms with Crippen molar-refractivity contribution >= 4 is 6.08 Å².